The number of carboxylic acid groups (broad SMARTS) is 1. The number of aliphatic carboxylic acids is 1. The summed E-state index contributed by atoms with van der Waals surface area (Å²) in [5.74, 6) is -0.773. The second kappa shape index (κ2) is 5.32. The molecule has 0 aliphatic heterocycles. The summed E-state index contributed by atoms with van der Waals surface area (Å²) in [5, 5.41) is 12.2. The maximum Gasteiger partial charge on any atom is 0.310 e. The van der Waals surface area contributed by atoms with Gasteiger partial charge in [0.25, 0.3) is 0 Å². The van der Waals surface area contributed by atoms with Crippen LogP contribution in [0.15, 0.2) is 18.2 Å². The average Bonchev–Trinajstić information content (AvgIpc) is 2.21. The number of rotatable bonds is 5. The Labute approximate surface area is 103 Å². The Morgan fingerprint density at radius 1 is 1.35 bits per heavy atom. The standard InChI is InChI=1S/C14H21NO2/c1-10-5-6-12(11(2)7-10)8-15-9-14(3,4)13(16)17/h5-7,15H,8-9H2,1-4H3,(H,16,17). The molecule has 3 nitrogen and oxygen atoms in total. The Balaban J connectivity index is 2.54. The predicted octanol–water partition coefficient (Wildman–Crippen LogP) is 2.50. The largest absolute Gasteiger partial charge is 0.481 e. The molecule has 0 radical (unpaired) electrons. The maximum absolute atomic E-state index is 10.9. The number of carbonyl (C=O) groups is 1. The molecule has 0 unspecified atom stereocenters. The molecule has 3 heteroatoms. The highest BCUT2D eigenvalue weighted by atomic mass is 16.4. The number of nitrogens with one attached hydrogen (secondary N) is 1. The minimum absolute atomic E-state index is 0.468. The van der Waals surface area contributed by atoms with Gasteiger partial charge in [-0.05, 0) is 38.8 Å². The summed E-state index contributed by atoms with van der Waals surface area (Å²) in [6, 6.07) is 6.30. The molecule has 2 N–H and O–H groups in total. The van der Waals surface area contributed by atoms with Gasteiger partial charge in [0, 0.05) is 13.1 Å². The molecule has 0 saturated heterocycles. The molecule has 1 aromatic carbocycles. The average molecular weight is 235 g/mol. The molecule has 0 heterocycles. The summed E-state index contributed by atoms with van der Waals surface area (Å²) in [6.45, 7) is 8.78. The number of benzene rings is 1. The highest BCUT2D eigenvalue weighted by Crippen LogP contribution is 2.14. The van der Waals surface area contributed by atoms with Gasteiger partial charge >= 0.3 is 5.97 Å². The highest BCUT2D eigenvalue weighted by Gasteiger charge is 2.26. The lowest BCUT2D eigenvalue weighted by atomic mass is 9.94. The number of hydrogen-bond donors (Lipinski definition) is 2. The molecule has 1 aromatic rings. The lowest BCUT2D eigenvalue weighted by Gasteiger charge is -2.20. The lowest BCUT2D eigenvalue weighted by Crippen LogP contribution is -2.35. The Bertz CT molecular complexity index is 411. The fourth-order valence-corrected chi connectivity index (χ4v) is 1.63. The number of hydrogen-bond acceptors (Lipinski definition) is 2. The first kappa shape index (κ1) is 13.7. The maximum atomic E-state index is 10.9. The van der Waals surface area contributed by atoms with Gasteiger partial charge in [-0.1, -0.05) is 23.8 Å². The van der Waals surface area contributed by atoms with Gasteiger partial charge in [-0.15, -0.1) is 0 Å². The lowest BCUT2D eigenvalue weighted by molar-refractivity contribution is -0.146. The van der Waals surface area contributed by atoms with Crippen LogP contribution in [0, 0.1) is 19.3 Å². The highest BCUT2D eigenvalue weighted by molar-refractivity contribution is 5.73. The van der Waals surface area contributed by atoms with E-state index in [0.29, 0.717) is 13.1 Å². The van der Waals surface area contributed by atoms with Crippen molar-refractivity contribution in [3.05, 3.63) is 34.9 Å². The van der Waals surface area contributed by atoms with Crippen LogP contribution in [-0.4, -0.2) is 17.6 Å². The predicted molar refractivity (Wildman–Crippen MR) is 69.0 cm³/mol. The fourth-order valence-electron chi connectivity index (χ4n) is 1.63. The van der Waals surface area contributed by atoms with Crippen molar-refractivity contribution in [2.24, 2.45) is 5.41 Å². The third-order valence-electron chi connectivity index (χ3n) is 2.96. The zero-order valence-electron chi connectivity index (χ0n) is 11.0. The molecule has 0 aliphatic carbocycles. The van der Waals surface area contributed by atoms with Gasteiger partial charge < -0.3 is 10.4 Å². The first-order chi connectivity index (χ1) is 7.83. The van der Waals surface area contributed by atoms with Crippen LogP contribution < -0.4 is 5.32 Å². The van der Waals surface area contributed by atoms with E-state index in [4.69, 9.17) is 5.11 Å². The molecule has 0 spiro atoms. The van der Waals surface area contributed by atoms with Crippen LogP contribution in [0.4, 0.5) is 0 Å². The third kappa shape index (κ3) is 3.86. The van der Waals surface area contributed by atoms with E-state index in [2.05, 4.69) is 37.4 Å². The van der Waals surface area contributed by atoms with Crippen molar-refractivity contribution in [3.63, 3.8) is 0 Å². The molecule has 17 heavy (non-hydrogen) atoms. The molecule has 0 saturated carbocycles. The zero-order valence-corrected chi connectivity index (χ0v) is 11.0. The van der Waals surface area contributed by atoms with Crippen LogP contribution >= 0.6 is 0 Å². The molecule has 0 fully saturated rings. The van der Waals surface area contributed by atoms with E-state index < -0.39 is 11.4 Å². The van der Waals surface area contributed by atoms with Crippen molar-refractivity contribution in [3.8, 4) is 0 Å². The van der Waals surface area contributed by atoms with E-state index in [1.807, 2.05) is 0 Å². The van der Waals surface area contributed by atoms with E-state index in [9.17, 15) is 4.79 Å². The van der Waals surface area contributed by atoms with Crippen molar-refractivity contribution in [2.45, 2.75) is 34.2 Å². The zero-order chi connectivity index (χ0) is 13.1. The van der Waals surface area contributed by atoms with Crippen LogP contribution in [-0.2, 0) is 11.3 Å². The molecule has 0 aliphatic rings. The SMILES string of the molecule is Cc1ccc(CNCC(C)(C)C(=O)O)c(C)c1. The molecule has 0 aromatic heterocycles. The second-order valence-electron chi connectivity index (χ2n) is 5.22. The van der Waals surface area contributed by atoms with E-state index in [0.717, 1.165) is 0 Å². The van der Waals surface area contributed by atoms with Crippen LogP contribution in [0.1, 0.15) is 30.5 Å². The van der Waals surface area contributed by atoms with Crippen molar-refractivity contribution in [1.82, 2.24) is 5.32 Å². The van der Waals surface area contributed by atoms with E-state index in [1.165, 1.54) is 16.7 Å². The summed E-state index contributed by atoms with van der Waals surface area (Å²) in [7, 11) is 0. The Kier molecular flexibility index (Phi) is 4.29. The molecular formula is C14H21NO2. The molecule has 0 amide bonds. The summed E-state index contributed by atoms with van der Waals surface area (Å²) >= 11 is 0. The number of carboxylic acids is 1. The van der Waals surface area contributed by atoms with Gasteiger partial charge in [-0.2, -0.15) is 0 Å². The van der Waals surface area contributed by atoms with Gasteiger partial charge in [0.2, 0.25) is 0 Å². The van der Waals surface area contributed by atoms with Crippen molar-refractivity contribution >= 4 is 5.97 Å². The molecule has 0 bridgehead atoms. The van der Waals surface area contributed by atoms with Crippen molar-refractivity contribution in [1.29, 1.82) is 0 Å². The molecule has 1 rings (SSSR count). The first-order valence-electron chi connectivity index (χ1n) is 5.83. The summed E-state index contributed by atoms with van der Waals surface area (Å²) in [5.41, 5.74) is 2.98. The minimum atomic E-state index is -0.773. The van der Waals surface area contributed by atoms with Crippen LogP contribution in [0.5, 0.6) is 0 Å². The van der Waals surface area contributed by atoms with E-state index in [1.54, 1.807) is 13.8 Å². The quantitative estimate of drug-likeness (QED) is 0.824. The van der Waals surface area contributed by atoms with Gasteiger partial charge in [-0.25, -0.2) is 0 Å². The van der Waals surface area contributed by atoms with Gasteiger partial charge in [-0.3, -0.25) is 4.79 Å². The Hall–Kier alpha value is -1.35. The van der Waals surface area contributed by atoms with Gasteiger partial charge in [0.15, 0.2) is 0 Å². The topological polar surface area (TPSA) is 49.3 Å². The van der Waals surface area contributed by atoms with Crippen LogP contribution in [0.25, 0.3) is 0 Å². The van der Waals surface area contributed by atoms with Gasteiger partial charge in [0.1, 0.15) is 0 Å². The van der Waals surface area contributed by atoms with E-state index in [-0.39, 0.29) is 0 Å². The Morgan fingerprint density at radius 3 is 2.53 bits per heavy atom. The van der Waals surface area contributed by atoms with Crippen LogP contribution in [0.2, 0.25) is 0 Å². The third-order valence-corrected chi connectivity index (χ3v) is 2.96. The molecular weight excluding hydrogens is 214 g/mol. The van der Waals surface area contributed by atoms with Crippen molar-refractivity contribution < 1.29 is 9.90 Å². The number of aryl methyl sites for hydroxylation is 2. The van der Waals surface area contributed by atoms with E-state index >= 15 is 0 Å². The summed E-state index contributed by atoms with van der Waals surface area (Å²) < 4.78 is 0. The monoisotopic (exact) mass is 235 g/mol. The fraction of sp³-hybridized carbons (Fsp3) is 0.500. The molecule has 94 valence electrons. The summed E-state index contributed by atoms with van der Waals surface area (Å²) in [6.07, 6.45) is 0. The minimum Gasteiger partial charge on any atom is -0.481 e. The summed E-state index contributed by atoms with van der Waals surface area (Å²) in [4.78, 5) is 10.9. The Morgan fingerprint density at radius 2 is 2.00 bits per heavy atom. The van der Waals surface area contributed by atoms with Gasteiger partial charge in [0.05, 0.1) is 5.41 Å². The smallest absolute Gasteiger partial charge is 0.310 e. The first-order valence-corrected chi connectivity index (χ1v) is 5.83. The molecule has 0 atom stereocenters. The normalized spacial score (nSPS) is 11.5. The van der Waals surface area contributed by atoms with Crippen molar-refractivity contribution in [2.75, 3.05) is 6.54 Å². The van der Waals surface area contributed by atoms with Crippen LogP contribution in [0.3, 0.4) is 0 Å². The second-order valence-corrected chi connectivity index (χ2v) is 5.22.